The number of sulfone groups is 1. The van der Waals surface area contributed by atoms with Crippen LogP contribution in [0.4, 0.5) is 0 Å². The third-order valence-electron chi connectivity index (χ3n) is 5.60. The first kappa shape index (κ1) is 22.5. The van der Waals surface area contributed by atoms with Gasteiger partial charge in [-0.2, -0.15) is 5.10 Å². The lowest BCUT2D eigenvalue weighted by molar-refractivity contribution is 0.0982. The van der Waals surface area contributed by atoms with E-state index in [1.54, 1.807) is 66.9 Å². The minimum absolute atomic E-state index is 0.0377. The van der Waals surface area contributed by atoms with Crippen LogP contribution in [-0.2, 0) is 16.3 Å². The van der Waals surface area contributed by atoms with Crippen LogP contribution in [0.2, 0.25) is 0 Å². The highest BCUT2D eigenvalue weighted by Gasteiger charge is 2.22. The number of carbonyl (C=O) groups excluding carboxylic acids is 1. The van der Waals surface area contributed by atoms with Gasteiger partial charge in [0.1, 0.15) is 16.4 Å². The number of hydrogen-bond donors (Lipinski definition) is 1. The number of ether oxygens (including phenoxy) is 1. The quantitative estimate of drug-likeness (QED) is 0.297. The maximum absolute atomic E-state index is 13.3. The van der Waals surface area contributed by atoms with Crippen molar-refractivity contribution in [2.24, 2.45) is 0 Å². The van der Waals surface area contributed by atoms with Crippen molar-refractivity contribution in [3.63, 3.8) is 0 Å². The van der Waals surface area contributed by atoms with Gasteiger partial charge in [0, 0.05) is 23.6 Å². The molecule has 7 nitrogen and oxygen atoms in total. The number of H-pyrrole nitrogens is 1. The van der Waals surface area contributed by atoms with Crippen LogP contribution in [0.5, 0.6) is 11.5 Å². The fourth-order valence-corrected chi connectivity index (χ4v) is 5.11. The van der Waals surface area contributed by atoms with E-state index >= 15 is 0 Å². The normalized spacial score (nSPS) is 11.4. The fourth-order valence-electron chi connectivity index (χ4n) is 3.73. The van der Waals surface area contributed by atoms with Crippen LogP contribution in [0, 0.1) is 0 Å². The Bertz CT molecular complexity index is 1590. The number of aromatic nitrogens is 3. The molecule has 5 rings (SSSR count). The number of aromatic amines is 1. The summed E-state index contributed by atoms with van der Waals surface area (Å²) in [4.78, 5) is 17.1. The summed E-state index contributed by atoms with van der Waals surface area (Å²) in [5.74, 6) is 0.776. The van der Waals surface area contributed by atoms with Gasteiger partial charge in [0.25, 0.3) is 0 Å². The van der Waals surface area contributed by atoms with E-state index < -0.39 is 9.84 Å². The molecule has 1 N–H and O–H groups in total. The zero-order valence-corrected chi connectivity index (χ0v) is 19.4. The largest absolute Gasteiger partial charge is 0.456 e. The van der Waals surface area contributed by atoms with E-state index in [9.17, 15) is 13.2 Å². The second-order valence-electron chi connectivity index (χ2n) is 7.96. The molecule has 174 valence electrons. The molecule has 0 atom stereocenters. The van der Waals surface area contributed by atoms with Gasteiger partial charge in [0.15, 0.2) is 11.4 Å². The Morgan fingerprint density at radius 1 is 0.886 bits per heavy atom. The van der Waals surface area contributed by atoms with Crippen LogP contribution < -0.4 is 4.74 Å². The SMILES string of the molecule is O=C(CCc1ccc(S(=O)(=O)c2ccccc2Oc2ccccc2)cc1)c1cnc2[nH]ncc2c1. The topological polar surface area (TPSA) is 102 Å². The molecule has 0 aliphatic carbocycles. The van der Waals surface area contributed by atoms with Crippen LogP contribution in [0.25, 0.3) is 11.0 Å². The summed E-state index contributed by atoms with van der Waals surface area (Å²) in [6, 6.07) is 24.0. The first-order chi connectivity index (χ1) is 17.0. The molecule has 2 aromatic heterocycles. The highest BCUT2D eigenvalue weighted by Crippen LogP contribution is 2.32. The summed E-state index contributed by atoms with van der Waals surface area (Å²) in [5.41, 5.74) is 2.02. The molecule has 0 saturated carbocycles. The van der Waals surface area contributed by atoms with Crippen molar-refractivity contribution in [1.29, 1.82) is 0 Å². The molecule has 5 aromatic rings. The Morgan fingerprint density at radius 3 is 2.43 bits per heavy atom. The third-order valence-corrected chi connectivity index (χ3v) is 7.41. The highest BCUT2D eigenvalue weighted by atomic mass is 32.2. The van der Waals surface area contributed by atoms with Crippen molar-refractivity contribution in [3.05, 3.63) is 108 Å². The number of Topliss-reactive ketones (excluding diaryl/α,β-unsaturated/α-hetero) is 1. The Balaban J connectivity index is 1.30. The number of fused-ring (bicyclic) bond motifs is 1. The molecule has 0 amide bonds. The molecular weight excluding hydrogens is 462 g/mol. The van der Waals surface area contributed by atoms with Gasteiger partial charge in [-0.05, 0) is 54.4 Å². The van der Waals surface area contributed by atoms with Crippen LogP contribution in [0.1, 0.15) is 22.3 Å². The summed E-state index contributed by atoms with van der Waals surface area (Å²) in [6.07, 6.45) is 3.93. The van der Waals surface area contributed by atoms with E-state index in [0.717, 1.165) is 10.9 Å². The molecule has 0 saturated heterocycles. The first-order valence-electron chi connectivity index (χ1n) is 11.0. The van der Waals surface area contributed by atoms with Gasteiger partial charge in [0.05, 0.1) is 11.1 Å². The number of hydrogen-bond acceptors (Lipinski definition) is 6. The monoisotopic (exact) mass is 483 g/mol. The average molecular weight is 484 g/mol. The first-order valence-corrected chi connectivity index (χ1v) is 12.5. The number of aryl methyl sites for hydroxylation is 1. The highest BCUT2D eigenvalue weighted by molar-refractivity contribution is 7.91. The van der Waals surface area contributed by atoms with Gasteiger partial charge in [-0.3, -0.25) is 9.89 Å². The Morgan fingerprint density at radius 2 is 1.63 bits per heavy atom. The van der Waals surface area contributed by atoms with Crippen molar-refractivity contribution in [3.8, 4) is 11.5 Å². The van der Waals surface area contributed by atoms with Crippen LogP contribution in [-0.4, -0.2) is 29.4 Å². The number of nitrogens with zero attached hydrogens (tertiary/aromatic N) is 2. The molecule has 0 fully saturated rings. The molecule has 0 bridgehead atoms. The fraction of sp³-hybridized carbons (Fsp3) is 0.0741. The molecule has 0 spiro atoms. The zero-order chi connectivity index (χ0) is 24.3. The number of carbonyl (C=O) groups is 1. The van der Waals surface area contributed by atoms with Crippen molar-refractivity contribution in [1.82, 2.24) is 15.2 Å². The van der Waals surface area contributed by atoms with Gasteiger partial charge >= 0.3 is 0 Å². The average Bonchev–Trinajstić information content (AvgIpc) is 3.36. The second kappa shape index (κ2) is 9.52. The number of rotatable bonds is 8. The molecule has 0 aliphatic rings. The number of pyridine rings is 1. The summed E-state index contributed by atoms with van der Waals surface area (Å²) in [7, 11) is -3.81. The second-order valence-corrected chi connectivity index (χ2v) is 9.88. The molecule has 0 aliphatic heterocycles. The molecule has 0 radical (unpaired) electrons. The summed E-state index contributed by atoms with van der Waals surface area (Å²) >= 11 is 0. The molecule has 2 heterocycles. The number of benzene rings is 3. The third kappa shape index (κ3) is 4.83. The lowest BCUT2D eigenvalue weighted by atomic mass is 10.0. The van der Waals surface area contributed by atoms with Crippen LogP contribution in [0.3, 0.4) is 0 Å². The lowest BCUT2D eigenvalue weighted by Crippen LogP contribution is -2.05. The van der Waals surface area contributed by atoms with E-state index in [1.165, 1.54) is 12.3 Å². The van der Waals surface area contributed by atoms with Gasteiger partial charge in [0.2, 0.25) is 9.84 Å². The van der Waals surface area contributed by atoms with Crippen molar-refractivity contribution in [2.75, 3.05) is 0 Å². The van der Waals surface area contributed by atoms with Gasteiger partial charge in [-0.1, -0.05) is 42.5 Å². The number of para-hydroxylation sites is 2. The summed E-state index contributed by atoms with van der Waals surface area (Å²) in [5, 5.41) is 7.45. The summed E-state index contributed by atoms with van der Waals surface area (Å²) < 4.78 is 32.5. The molecule has 3 aromatic carbocycles. The molecule has 35 heavy (non-hydrogen) atoms. The van der Waals surface area contributed by atoms with Crippen molar-refractivity contribution >= 4 is 26.7 Å². The van der Waals surface area contributed by atoms with E-state index in [2.05, 4.69) is 15.2 Å². The van der Waals surface area contributed by atoms with Crippen molar-refractivity contribution < 1.29 is 17.9 Å². The maximum Gasteiger partial charge on any atom is 0.210 e. The Kier molecular flexibility index (Phi) is 6.12. The number of ketones is 1. The predicted octanol–water partition coefficient (Wildman–Crippen LogP) is 5.40. The minimum atomic E-state index is -3.81. The molecular formula is C27H21N3O4S. The van der Waals surface area contributed by atoms with E-state index in [0.29, 0.717) is 23.4 Å². The molecule has 0 unspecified atom stereocenters. The smallest absolute Gasteiger partial charge is 0.210 e. The molecule has 8 heteroatoms. The van der Waals surface area contributed by atoms with Crippen LogP contribution >= 0.6 is 0 Å². The predicted molar refractivity (Wildman–Crippen MR) is 131 cm³/mol. The van der Waals surface area contributed by atoms with Crippen molar-refractivity contribution in [2.45, 2.75) is 22.6 Å². The van der Waals surface area contributed by atoms with Gasteiger partial charge < -0.3 is 4.74 Å². The van der Waals surface area contributed by atoms with Crippen LogP contribution in [0.15, 0.2) is 107 Å². The van der Waals surface area contributed by atoms with Gasteiger partial charge in [-0.25, -0.2) is 13.4 Å². The lowest BCUT2D eigenvalue weighted by Gasteiger charge is -2.12. The van der Waals surface area contributed by atoms with E-state index in [-0.39, 0.29) is 27.7 Å². The Labute approximate surface area is 202 Å². The number of nitrogens with one attached hydrogen (secondary N) is 1. The Hall–Kier alpha value is -4.30. The summed E-state index contributed by atoms with van der Waals surface area (Å²) in [6.45, 7) is 0. The van der Waals surface area contributed by atoms with E-state index in [4.69, 9.17) is 4.74 Å². The minimum Gasteiger partial charge on any atom is -0.456 e. The van der Waals surface area contributed by atoms with Gasteiger partial charge in [-0.15, -0.1) is 0 Å². The maximum atomic E-state index is 13.3. The van der Waals surface area contributed by atoms with E-state index in [1.807, 2.05) is 18.2 Å². The standard InChI is InChI=1S/C27H21N3O4S/c31-24(20-16-21-18-29-30-27(21)28-17-20)15-12-19-10-13-23(14-11-19)35(32,33)26-9-5-4-8-25(26)34-22-6-2-1-3-7-22/h1-11,13-14,16-18H,12,15H2,(H,28,29,30). The zero-order valence-electron chi connectivity index (χ0n) is 18.6.